The standard InChI is InChI=1S/C44H82O3/c1-5-9-13-17-21-24-27-31-35-39-40(36-32-28-25-22-18-14-10-6-2)42(45)43(46)44(47-38-34-30-20-16-12-8-4)41(39)37-33-29-26-23-19-15-11-7-3/h45-46H,5-38H2,1-4H3. The molecule has 0 atom stereocenters. The maximum absolute atomic E-state index is 11.5. The van der Waals surface area contributed by atoms with Gasteiger partial charge in [0.05, 0.1) is 6.61 Å². The van der Waals surface area contributed by atoms with Gasteiger partial charge >= 0.3 is 0 Å². The molecule has 0 saturated heterocycles. The number of hydrogen-bond acceptors (Lipinski definition) is 3. The molecule has 1 aromatic rings. The number of benzene rings is 1. The van der Waals surface area contributed by atoms with Gasteiger partial charge in [0.2, 0.25) is 5.75 Å². The Balaban J connectivity index is 3.07. The average molecular weight is 659 g/mol. The lowest BCUT2D eigenvalue weighted by Gasteiger charge is -2.23. The zero-order valence-electron chi connectivity index (χ0n) is 32.3. The molecule has 0 radical (unpaired) electrons. The quantitative estimate of drug-likeness (QED) is 0.0563. The molecule has 0 aliphatic carbocycles. The molecule has 0 heterocycles. The fourth-order valence-electron chi connectivity index (χ4n) is 7.21. The summed E-state index contributed by atoms with van der Waals surface area (Å²) in [7, 11) is 0. The van der Waals surface area contributed by atoms with E-state index < -0.39 is 0 Å². The van der Waals surface area contributed by atoms with E-state index in [9.17, 15) is 10.2 Å². The largest absolute Gasteiger partial charge is 0.504 e. The van der Waals surface area contributed by atoms with E-state index in [-0.39, 0.29) is 11.5 Å². The van der Waals surface area contributed by atoms with Crippen LogP contribution in [0.4, 0.5) is 0 Å². The lowest BCUT2D eigenvalue weighted by atomic mass is 9.88. The van der Waals surface area contributed by atoms with E-state index in [4.69, 9.17) is 4.74 Å². The van der Waals surface area contributed by atoms with Crippen molar-refractivity contribution in [2.75, 3.05) is 6.61 Å². The van der Waals surface area contributed by atoms with Crippen molar-refractivity contribution >= 4 is 0 Å². The van der Waals surface area contributed by atoms with Crippen molar-refractivity contribution in [1.82, 2.24) is 0 Å². The van der Waals surface area contributed by atoms with Gasteiger partial charge in [-0.15, -0.1) is 0 Å². The Morgan fingerprint density at radius 3 is 1.00 bits per heavy atom. The van der Waals surface area contributed by atoms with E-state index in [1.54, 1.807) is 0 Å². The molecule has 47 heavy (non-hydrogen) atoms. The first-order valence-corrected chi connectivity index (χ1v) is 21.3. The number of hydrogen-bond donors (Lipinski definition) is 2. The molecule has 0 aliphatic heterocycles. The molecule has 0 unspecified atom stereocenters. The van der Waals surface area contributed by atoms with Crippen molar-refractivity contribution in [2.45, 2.75) is 240 Å². The van der Waals surface area contributed by atoms with Crippen LogP contribution < -0.4 is 4.74 Å². The van der Waals surface area contributed by atoms with Gasteiger partial charge < -0.3 is 14.9 Å². The molecule has 276 valence electrons. The van der Waals surface area contributed by atoms with E-state index in [1.165, 1.54) is 178 Å². The molecule has 2 N–H and O–H groups in total. The predicted octanol–water partition coefficient (Wildman–Crippen LogP) is 14.9. The minimum Gasteiger partial charge on any atom is -0.504 e. The van der Waals surface area contributed by atoms with Crippen molar-refractivity contribution in [1.29, 1.82) is 0 Å². The molecule has 0 aliphatic rings. The maximum Gasteiger partial charge on any atom is 0.201 e. The Hall–Kier alpha value is -1.38. The molecule has 1 rings (SSSR count). The zero-order chi connectivity index (χ0) is 34.2. The SMILES string of the molecule is CCCCCCCCCCc1c(O)c(O)c(OCCCCCCCC)c(CCCCCCCCCC)c1CCCCCCCCCC. The third-order valence-electron chi connectivity index (χ3n) is 10.3. The minimum absolute atomic E-state index is 0.0137. The highest BCUT2D eigenvalue weighted by Crippen LogP contribution is 2.46. The first-order valence-electron chi connectivity index (χ1n) is 21.3. The molecular weight excluding hydrogens is 576 g/mol. The molecule has 0 fully saturated rings. The number of ether oxygens (including phenoxy) is 1. The molecule has 0 spiro atoms. The van der Waals surface area contributed by atoms with Crippen LogP contribution in [0.15, 0.2) is 0 Å². The second-order valence-electron chi connectivity index (χ2n) is 14.8. The van der Waals surface area contributed by atoms with E-state index in [2.05, 4.69) is 27.7 Å². The van der Waals surface area contributed by atoms with Gasteiger partial charge in [-0.3, -0.25) is 0 Å². The van der Waals surface area contributed by atoms with E-state index >= 15 is 0 Å². The summed E-state index contributed by atoms with van der Waals surface area (Å²) >= 11 is 0. The molecule has 0 amide bonds. The van der Waals surface area contributed by atoms with Gasteiger partial charge in [-0.25, -0.2) is 0 Å². The molecule has 0 aromatic heterocycles. The lowest BCUT2D eigenvalue weighted by molar-refractivity contribution is 0.278. The maximum atomic E-state index is 11.5. The van der Waals surface area contributed by atoms with Crippen LogP contribution in [-0.4, -0.2) is 16.8 Å². The Bertz CT molecular complexity index is 832. The average Bonchev–Trinajstić information content (AvgIpc) is 3.08. The smallest absolute Gasteiger partial charge is 0.201 e. The van der Waals surface area contributed by atoms with Crippen LogP contribution in [0.5, 0.6) is 17.2 Å². The van der Waals surface area contributed by atoms with E-state index in [0.717, 1.165) is 50.5 Å². The minimum atomic E-state index is 0.0137. The van der Waals surface area contributed by atoms with Crippen LogP contribution in [0, 0.1) is 0 Å². The van der Waals surface area contributed by atoms with Gasteiger partial charge in [0.1, 0.15) is 0 Å². The third-order valence-corrected chi connectivity index (χ3v) is 10.3. The van der Waals surface area contributed by atoms with Gasteiger partial charge in [-0.1, -0.05) is 195 Å². The number of phenolic OH excluding ortho intramolecular Hbond substituents is 2. The van der Waals surface area contributed by atoms with Gasteiger partial charge in [-0.05, 0) is 50.5 Å². The fourth-order valence-corrected chi connectivity index (χ4v) is 7.21. The Labute approximate surface area is 294 Å². The summed E-state index contributed by atoms with van der Waals surface area (Å²) in [5.41, 5.74) is 3.56. The summed E-state index contributed by atoms with van der Waals surface area (Å²) in [6, 6.07) is 0. The van der Waals surface area contributed by atoms with Crippen LogP contribution >= 0.6 is 0 Å². The summed E-state index contributed by atoms with van der Waals surface area (Å²) < 4.78 is 6.44. The first-order chi connectivity index (χ1) is 23.1. The highest BCUT2D eigenvalue weighted by atomic mass is 16.5. The van der Waals surface area contributed by atoms with Crippen LogP contribution in [0.2, 0.25) is 0 Å². The summed E-state index contributed by atoms with van der Waals surface area (Å²) in [6.07, 6.45) is 41.1. The van der Waals surface area contributed by atoms with Gasteiger partial charge in [0, 0.05) is 11.1 Å². The van der Waals surface area contributed by atoms with Crippen molar-refractivity contribution in [3.05, 3.63) is 16.7 Å². The zero-order valence-corrected chi connectivity index (χ0v) is 32.3. The van der Waals surface area contributed by atoms with Gasteiger partial charge in [0.25, 0.3) is 0 Å². The highest BCUT2D eigenvalue weighted by molar-refractivity contribution is 5.62. The highest BCUT2D eigenvalue weighted by Gasteiger charge is 2.24. The summed E-state index contributed by atoms with van der Waals surface area (Å²) in [6.45, 7) is 9.73. The van der Waals surface area contributed by atoms with Crippen LogP contribution in [0.25, 0.3) is 0 Å². The molecule has 3 nitrogen and oxygen atoms in total. The summed E-state index contributed by atoms with van der Waals surface area (Å²) in [4.78, 5) is 0. The van der Waals surface area contributed by atoms with Crippen LogP contribution in [0.1, 0.15) is 237 Å². The molecule has 1 aromatic carbocycles. The van der Waals surface area contributed by atoms with E-state index in [1.807, 2.05) is 0 Å². The van der Waals surface area contributed by atoms with Crippen molar-refractivity contribution < 1.29 is 14.9 Å². The van der Waals surface area contributed by atoms with Crippen LogP contribution in [0.3, 0.4) is 0 Å². The molecule has 0 saturated carbocycles. The number of aromatic hydroxyl groups is 2. The van der Waals surface area contributed by atoms with Crippen LogP contribution in [-0.2, 0) is 19.3 Å². The lowest BCUT2D eigenvalue weighted by Crippen LogP contribution is -2.08. The van der Waals surface area contributed by atoms with Gasteiger partial charge in [-0.2, -0.15) is 0 Å². The Kier molecular flexibility index (Phi) is 29.6. The number of rotatable bonds is 35. The Morgan fingerprint density at radius 1 is 0.319 bits per heavy atom. The monoisotopic (exact) mass is 659 g/mol. The summed E-state index contributed by atoms with van der Waals surface area (Å²) in [5, 5.41) is 22.9. The van der Waals surface area contributed by atoms with Gasteiger partial charge in [0.15, 0.2) is 11.5 Å². The van der Waals surface area contributed by atoms with E-state index in [0.29, 0.717) is 12.4 Å². The third kappa shape index (κ3) is 21.3. The predicted molar refractivity (Wildman–Crippen MR) is 208 cm³/mol. The number of phenols is 2. The molecule has 0 bridgehead atoms. The molecule has 3 heteroatoms. The first kappa shape index (κ1) is 43.6. The fraction of sp³-hybridized carbons (Fsp3) is 0.864. The second-order valence-corrected chi connectivity index (χ2v) is 14.8. The normalized spacial score (nSPS) is 11.5. The summed E-state index contributed by atoms with van der Waals surface area (Å²) in [5.74, 6) is 0.730. The number of unbranched alkanes of at least 4 members (excludes halogenated alkanes) is 26. The molecular formula is C44H82O3. The van der Waals surface area contributed by atoms with Crippen molar-refractivity contribution in [3.8, 4) is 17.2 Å². The Morgan fingerprint density at radius 2 is 0.617 bits per heavy atom. The second kappa shape index (κ2) is 31.9. The topological polar surface area (TPSA) is 49.7 Å². The van der Waals surface area contributed by atoms with Crippen molar-refractivity contribution in [2.24, 2.45) is 0 Å². The van der Waals surface area contributed by atoms with Crippen molar-refractivity contribution in [3.63, 3.8) is 0 Å².